The van der Waals surface area contributed by atoms with E-state index in [1.54, 1.807) is 30.3 Å². The van der Waals surface area contributed by atoms with Gasteiger partial charge in [0.05, 0.1) is 6.54 Å². The molecule has 0 radical (unpaired) electrons. The minimum Gasteiger partial charge on any atom is -0.435 e. The van der Waals surface area contributed by atoms with Gasteiger partial charge < -0.3 is 15.4 Å². The maximum Gasteiger partial charge on any atom is 0.387 e. The maximum atomic E-state index is 12.2. The monoisotopic (exact) mass is 368 g/mol. The van der Waals surface area contributed by atoms with Gasteiger partial charge in [-0.1, -0.05) is 29.8 Å². The van der Waals surface area contributed by atoms with Crippen molar-refractivity contribution in [3.63, 3.8) is 0 Å². The molecule has 0 saturated carbocycles. The highest BCUT2D eigenvalue weighted by molar-refractivity contribution is 6.30. The molecular formula is C17H15ClF2N2O3. The van der Waals surface area contributed by atoms with E-state index in [4.69, 9.17) is 11.6 Å². The number of nitrogens with one attached hydrogen (secondary N) is 2. The molecule has 0 aliphatic carbocycles. The van der Waals surface area contributed by atoms with Gasteiger partial charge >= 0.3 is 6.61 Å². The lowest BCUT2D eigenvalue weighted by Crippen LogP contribution is -2.36. The van der Waals surface area contributed by atoms with Crippen LogP contribution in [-0.4, -0.2) is 25.0 Å². The topological polar surface area (TPSA) is 67.4 Å². The predicted molar refractivity (Wildman–Crippen MR) is 88.7 cm³/mol. The molecule has 0 heterocycles. The van der Waals surface area contributed by atoms with Gasteiger partial charge in [-0.2, -0.15) is 8.78 Å². The van der Waals surface area contributed by atoms with Crippen molar-refractivity contribution in [3.05, 3.63) is 64.7 Å². The lowest BCUT2D eigenvalue weighted by Gasteiger charge is -2.09. The van der Waals surface area contributed by atoms with E-state index >= 15 is 0 Å². The predicted octanol–water partition coefficient (Wildman–Crippen LogP) is 2.99. The van der Waals surface area contributed by atoms with E-state index in [9.17, 15) is 18.4 Å². The van der Waals surface area contributed by atoms with E-state index in [-0.39, 0.29) is 18.8 Å². The third-order valence-electron chi connectivity index (χ3n) is 3.11. The Kier molecular flexibility index (Phi) is 6.71. The zero-order valence-corrected chi connectivity index (χ0v) is 13.7. The van der Waals surface area contributed by atoms with Gasteiger partial charge in [-0.05, 0) is 35.9 Å². The Labute approximate surface area is 147 Å². The van der Waals surface area contributed by atoms with Gasteiger partial charge in [0.15, 0.2) is 0 Å². The number of carbonyl (C=O) groups excluding carboxylic acids is 2. The highest BCUT2D eigenvalue weighted by Gasteiger charge is 2.09. The lowest BCUT2D eigenvalue weighted by atomic mass is 10.2. The molecule has 2 N–H and O–H groups in total. The van der Waals surface area contributed by atoms with Gasteiger partial charge in [0, 0.05) is 17.1 Å². The number of carbonyl (C=O) groups is 2. The molecule has 0 aliphatic rings. The van der Waals surface area contributed by atoms with Crippen LogP contribution in [0.2, 0.25) is 5.02 Å². The largest absolute Gasteiger partial charge is 0.435 e. The molecule has 0 unspecified atom stereocenters. The number of hydrogen-bond acceptors (Lipinski definition) is 3. The second-order valence-electron chi connectivity index (χ2n) is 5.00. The zero-order valence-electron chi connectivity index (χ0n) is 13.0. The number of halogens is 3. The molecule has 0 atom stereocenters. The van der Waals surface area contributed by atoms with Crippen LogP contribution in [0.4, 0.5) is 8.78 Å². The van der Waals surface area contributed by atoms with E-state index in [1.165, 1.54) is 18.2 Å². The Hall–Kier alpha value is -2.67. The quantitative estimate of drug-likeness (QED) is 0.789. The summed E-state index contributed by atoms with van der Waals surface area (Å²) in [6.07, 6.45) is 0. The van der Waals surface area contributed by atoms with Crippen LogP contribution in [0, 0.1) is 0 Å². The Morgan fingerprint density at radius 2 is 1.84 bits per heavy atom. The van der Waals surface area contributed by atoms with Crippen molar-refractivity contribution < 1.29 is 23.1 Å². The standard InChI is InChI=1S/C17H15ClF2N2O3/c18-13-5-2-4-12(8-13)16(24)22-10-15(23)21-9-11-3-1-6-14(7-11)25-17(19)20/h1-8,17H,9-10H2,(H,21,23)(H,22,24). The SMILES string of the molecule is O=C(CNC(=O)c1cccc(Cl)c1)NCc1cccc(OC(F)F)c1. The second kappa shape index (κ2) is 8.98. The molecule has 25 heavy (non-hydrogen) atoms. The summed E-state index contributed by atoms with van der Waals surface area (Å²) in [6, 6.07) is 12.3. The fourth-order valence-electron chi connectivity index (χ4n) is 1.99. The molecule has 2 rings (SSSR count). The molecule has 0 aromatic heterocycles. The molecule has 2 aromatic rings. The summed E-state index contributed by atoms with van der Waals surface area (Å²) < 4.78 is 28.6. The minimum absolute atomic E-state index is 0.0102. The molecule has 5 nitrogen and oxygen atoms in total. The Morgan fingerprint density at radius 1 is 1.08 bits per heavy atom. The molecule has 2 aromatic carbocycles. The molecule has 0 spiro atoms. The first kappa shape index (κ1) is 18.7. The van der Waals surface area contributed by atoms with Crippen molar-refractivity contribution in [1.82, 2.24) is 10.6 Å². The van der Waals surface area contributed by atoms with E-state index in [2.05, 4.69) is 15.4 Å². The Bertz CT molecular complexity index is 756. The van der Waals surface area contributed by atoms with E-state index < -0.39 is 18.4 Å². The number of hydrogen-bond donors (Lipinski definition) is 2. The molecule has 8 heteroatoms. The van der Waals surface area contributed by atoms with E-state index in [0.29, 0.717) is 16.1 Å². The summed E-state index contributed by atoms with van der Waals surface area (Å²) in [6.45, 7) is -3.02. The van der Waals surface area contributed by atoms with Crippen LogP contribution in [0.25, 0.3) is 0 Å². The highest BCUT2D eigenvalue weighted by Crippen LogP contribution is 2.15. The van der Waals surface area contributed by atoms with Gasteiger partial charge in [-0.3, -0.25) is 9.59 Å². The lowest BCUT2D eigenvalue weighted by molar-refractivity contribution is -0.120. The first-order valence-electron chi connectivity index (χ1n) is 7.28. The number of amides is 2. The maximum absolute atomic E-state index is 12.2. The van der Waals surface area contributed by atoms with Crippen LogP contribution < -0.4 is 15.4 Å². The number of alkyl halides is 2. The van der Waals surface area contributed by atoms with Crippen LogP contribution in [0.3, 0.4) is 0 Å². The summed E-state index contributed by atoms with van der Waals surface area (Å²) in [5.74, 6) is -0.837. The van der Waals surface area contributed by atoms with E-state index in [0.717, 1.165) is 0 Å². The molecule has 0 bridgehead atoms. The third-order valence-corrected chi connectivity index (χ3v) is 3.34. The summed E-state index contributed by atoms with van der Waals surface area (Å²) in [5, 5.41) is 5.46. The van der Waals surface area contributed by atoms with Gasteiger partial charge in [0.2, 0.25) is 5.91 Å². The fourth-order valence-corrected chi connectivity index (χ4v) is 2.18. The molecular weight excluding hydrogens is 354 g/mol. The summed E-state index contributed by atoms with van der Waals surface area (Å²) >= 11 is 5.80. The van der Waals surface area contributed by atoms with Crippen LogP contribution in [-0.2, 0) is 11.3 Å². The van der Waals surface area contributed by atoms with Crippen LogP contribution in [0.15, 0.2) is 48.5 Å². The molecule has 0 fully saturated rings. The van der Waals surface area contributed by atoms with Crippen molar-refractivity contribution in [2.24, 2.45) is 0 Å². The zero-order chi connectivity index (χ0) is 18.2. The van der Waals surface area contributed by atoms with Crippen molar-refractivity contribution in [3.8, 4) is 5.75 Å². The summed E-state index contributed by atoms with van der Waals surface area (Å²) in [7, 11) is 0. The van der Waals surface area contributed by atoms with Crippen molar-refractivity contribution in [2.45, 2.75) is 13.2 Å². The van der Waals surface area contributed by atoms with Crippen molar-refractivity contribution >= 4 is 23.4 Å². The first-order valence-corrected chi connectivity index (χ1v) is 7.66. The third kappa shape index (κ3) is 6.39. The minimum atomic E-state index is -2.91. The van der Waals surface area contributed by atoms with Crippen molar-refractivity contribution in [2.75, 3.05) is 6.54 Å². The molecule has 0 aliphatic heterocycles. The van der Waals surface area contributed by atoms with Gasteiger partial charge in [-0.15, -0.1) is 0 Å². The molecule has 0 saturated heterocycles. The average molecular weight is 369 g/mol. The Morgan fingerprint density at radius 3 is 2.56 bits per heavy atom. The van der Waals surface area contributed by atoms with Gasteiger partial charge in [-0.25, -0.2) is 0 Å². The summed E-state index contributed by atoms with van der Waals surface area (Å²) in [5.41, 5.74) is 0.935. The normalized spacial score (nSPS) is 10.4. The van der Waals surface area contributed by atoms with Crippen LogP contribution >= 0.6 is 11.6 Å². The number of rotatable bonds is 7. The number of ether oxygens (including phenoxy) is 1. The fraction of sp³-hybridized carbons (Fsp3) is 0.176. The van der Waals surface area contributed by atoms with Crippen LogP contribution in [0.1, 0.15) is 15.9 Å². The number of benzene rings is 2. The van der Waals surface area contributed by atoms with Crippen molar-refractivity contribution in [1.29, 1.82) is 0 Å². The molecule has 132 valence electrons. The molecule has 2 amide bonds. The Balaban J connectivity index is 1.80. The van der Waals surface area contributed by atoms with Gasteiger partial charge in [0.1, 0.15) is 5.75 Å². The average Bonchev–Trinajstić information content (AvgIpc) is 2.57. The first-order chi connectivity index (χ1) is 11.9. The smallest absolute Gasteiger partial charge is 0.387 e. The van der Waals surface area contributed by atoms with Crippen LogP contribution in [0.5, 0.6) is 5.75 Å². The van der Waals surface area contributed by atoms with E-state index in [1.807, 2.05) is 0 Å². The highest BCUT2D eigenvalue weighted by atomic mass is 35.5. The second-order valence-corrected chi connectivity index (χ2v) is 5.43. The summed E-state index contributed by atoms with van der Waals surface area (Å²) in [4.78, 5) is 23.7. The van der Waals surface area contributed by atoms with Gasteiger partial charge in [0.25, 0.3) is 5.91 Å².